The molecule has 1 heterocycles. The maximum absolute atomic E-state index is 14.8. The number of aryl methyl sites for hydroxylation is 2. The summed E-state index contributed by atoms with van der Waals surface area (Å²) in [5.74, 6) is -1.05. The number of halogens is 3. The van der Waals surface area contributed by atoms with Gasteiger partial charge in [0, 0.05) is 5.56 Å². The number of rotatable bonds is 4. The van der Waals surface area contributed by atoms with Gasteiger partial charge in [-0.2, -0.15) is 8.78 Å². The Balaban J connectivity index is 1.83. The molecule has 28 heavy (non-hydrogen) atoms. The number of fused-ring (bicyclic) bond motifs is 3. The molecule has 1 aliphatic heterocycles. The fraction of sp³-hybridized carbons (Fsp3) is 0.250. The van der Waals surface area contributed by atoms with Crippen molar-refractivity contribution in [3.63, 3.8) is 0 Å². The molecule has 3 aromatic carbocycles. The molecule has 4 heteroatoms. The molecule has 0 N–H and O–H groups in total. The molecule has 4 rings (SSSR count). The van der Waals surface area contributed by atoms with Crippen LogP contribution in [0.2, 0.25) is 0 Å². The first-order valence-corrected chi connectivity index (χ1v) is 9.57. The van der Waals surface area contributed by atoms with Gasteiger partial charge in [-0.05, 0) is 46.7 Å². The van der Waals surface area contributed by atoms with Crippen LogP contribution in [0.3, 0.4) is 0 Å². The largest absolute Gasteiger partial charge is 0.427 e. The minimum absolute atomic E-state index is 0.236. The van der Waals surface area contributed by atoms with Crippen LogP contribution in [-0.2, 0) is 19.0 Å². The molecule has 0 fully saturated rings. The summed E-state index contributed by atoms with van der Waals surface area (Å²) in [7, 11) is 0. The molecule has 0 aliphatic carbocycles. The summed E-state index contributed by atoms with van der Waals surface area (Å²) in [5, 5.41) is 0. The SMILES string of the molecule is CCCc1ccc2c(c1F)OC(F)(F)c1cc(-c3ccc(CC)cc3)ccc1-2. The highest BCUT2D eigenvalue weighted by Crippen LogP contribution is 2.49. The first-order chi connectivity index (χ1) is 13.4. The van der Waals surface area contributed by atoms with Crippen molar-refractivity contribution in [1.29, 1.82) is 0 Å². The molecular formula is C24H21F3O. The number of hydrogen-bond donors (Lipinski definition) is 0. The van der Waals surface area contributed by atoms with E-state index < -0.39 is 11.9 Å². The number of ether oxygens (including phenoxy) is 1. The maximum atomic E-state index is 14.8. The summed E-state index contributed by atoms with van der Waals surface area (Å²) in [6.07, 6.45) is -1.47. The van der Waals surface area contributed by atoms with Crippen LogP contribution >= 0.6 is 0 Å². The van der Waals surface area contributed by atoms with E-state index in [2.05, 4.69) is 6.92 Å². The van der Waals surface area contributed by atoms with Crippen LogP contribution in [-0.4, -0.2) is 0 Å². The van der Waals surface area contributed by atoms with Crippen molar-refractivity contribution in [3.05, 3.63) is 77.1 Å². The van der Waals surface area contributed by atoms with Gasteiger partial charge in [-0.1, -0.05) is 68.8 Å². The van der Waals surface area contributed by atoms with Gasteiger partial charge >= 0.3 is 6.11 Å². The lowest BCUT2D eigenvalue weighted by Crippen LogP contribution is -2.27. The Morgan fingerprint density at radius 3 is 2.21 bits per heavy atom. The van der Waals surface area contributed by atoms with E-state index in [9.17, 15) is 13.2 Å². The minimum Gasteiger partial charge on any atom is -0.425 e. The molecule has 0 atom stereocenters. The second kappa shape index (κ2) is 7.01. The van der Waals surface area contributed by atoms with Crippen LogP contribution in [0.1, 0.15) is 37.0 Å². The van der Waals surface area contributed by atoms with Gasteiger partial charge in [0.25, 0.3) is 0 Å². The number of alkyl halides is 2. The molecule has 0 bridgehead atoms. The Hall–Kier alpha value is -2.75. The average Bonchev–Trinajstić information content (AvgIpc) is 2.70. The minimum atomic E-state index is -3.59. The molecule has 0 amide bonds. The summed E-state index contributed by atoms with van der Waals surface area (Å²) in [5.41, 5.74) is 3.55. The second-order valence-electron chi connectivity index (χ2n) is 7.10. The van der Waals surface area contributed by atoms with Crippen molar-refractivity contribution in [2.75, 3.05) is 0 Å². The van der Waals surface area contributed by atoms with Crippen molar-refractivity contribution in [2.45, 2.75) is 39.2 Å². The predicted molar refractivity (Wildman–Crippen MR) is 105 cm³/mol. The molecule has 0 saturated heterocycles. The van der Waals surface area contributed by atoms with Crippen molar-refractivity contribution in [3.8, 4) is 28.0 Å². The van der Waals surface area contributed by atoms with Crippen molar-refractivity contribution >= 4 is 0 Å². The first-order valence-electron chi connectivity index (χ1n) is 9.57. The third kappa shape index (κ3) is 3.07. The lowest BCUT2D eigenvalue weighted by atomic mass is 9.90. The van der Waals surface area contributed by atoms with Crippen LogP contribution in [0.5, 0.6) is 5.75 Å². The summed E-state index contributed by atoms with van der Waals surface area (Å²) in [6, 6.07) is 16.0. The summed E-state index contributed by atoms with van der Waals surface area (Å²) in [6.45, 7) is 3.98. The van der Waals surface area contributed by atoms with Gasteiger partial charge in [-0.3, -0.25) is 0 Å². The molecule has 3 aromatic rings. The van der Waals surface area contributed by atoms with Gasteiger partial charge in [0.2, 0.25) is 0 Å². The second-order valence-corrected chi connectivity index (χ2v) is 7.10. The Bertz CT molecular complexity index is 1020. The van der Waals surface area contributed by atoms with E-state index in [4.69, 9.17) is 4.74 Å². The van der Waals surface area contributed by atoms with Gasteiger partial charge in [0.1, 0.15) is 0 Å². The molecular weight excluding hydrogens is 361 g/mol. The zero-order chi connectivity index (χ0) is 19.9. The smallest absolute Gasteiger partial charge is 0.425 e. The zero-order valence-corrected chi connectivity index (χ0v) is 15.9. The van der Waals surface area contributed by atoms with E-state index in [0.717, 1.165) is 18.4 Å². The Morgan fingerprint density at radius 1 is 0.857 bits per heavy atom. The van der Waals surface area contributed by atoms with Gasteiger partial charge < -0.3 is 4.74 Å². The van der Waals surface area contributed by atoms with Crippen molar-refractivity contribution in [1.82, 2.24) is 0 Å². The standard InChI is InChI=1S/C24H21F3O/c1-3-5-17-10-13-20-19-12-11-18(16-8-6-15(4-2)7-9-16)14-21(19)24(26,27)28-23(20)22(17)25/h6-14H,3-5H2,1-2H3. The maximum Gasteiger partial charge on any atom is 0.427 e. The van der Waals surface area contributed by atoms with Crippen LogP contribution in [0.25, 0.3) is 22.3 Å². The monoisotopic (exact) mass is 382 g/mol. The number of hydrogen-bond acceptors (Lipinski definition) is 1. The van der Waals surface area contributed by atoms with E-state index in [-0.39, 0.29) is 11.3 Å². The van der Waals surface area contributed by atoms with Gasteiger partial charge in [0.15, 0.2) is 11.6 Å². The van der Waals surface area contributed by atoms with E-state index in [0.29, 0.717) is 28.7 Å². The average molecular weight is 382 g/mol. The van der Waals surface area contributed by atoms with E-state index in [1.807, 2.05) is 31.2 Å². The van der Waals surface area contributed by atoms with E-state index >= 15 is 0 Å². The molecule has 1 aliphatic rings. The topological polar surface area (TPSA) is 9.23 Å². The molecule has 0 unspecified atom stereocenters. The van der Waals surface area contributed by atoms with Gasteiger partial charge in [0.05, 0.1) is 5.56 Å². The highest BCUT2D eigenvalue weighted by molar-refractivity contribution is 5.80. The van der Waals surface area contributed by atoms with Crippen LogP contribution < -0.4 is 4.74 Å². The summed E-state index contributed by atoms with van der Waals surface area (Å²) < 4.78 is 49.2. The fourth-order valence-electron chi connectivity index (χ4n) is 3.69. The molecule has 0 aromatic heterocycles. The molecule has 0 spiro atoms. The Labute approximate surface area is 162 Å². The van der Waals surface area contributed by atoms with E-state index in [1.54, 1.807) is 24.3 Å². The van der Waals surface area contributed by atoms with Crippen LogP contribution in [0, 0.1) is 5.82 Å². The zero-order valence-electron chi connectivity index (χ0n) is 15.9. The highest BCUT2D eigenvalue weighted by Gasteiger charge is 2.43. The van der Waals surface area contributed by atoms with Crippen molar-refractivity contribution in [2.24, 2.45) is 0 Å². The predicted octanol–water partition coefficient (Wildman–Crippen LogP) is 7.12. The van der Waals surface area contributed by atoms with Gasteiger partial charge in [-0.25, -0.2) is 4.39 Å². The molecule has 144 valence electrons. The van der Waals surface area contributed by atoms with E-state index in [1.165, 1.54) is 11.6 Å². The lowest BCUT2D eigenvalue weighted by Gasteiger charge is -2.29. The fourth-order valence-corrected chi connectivity index (χ4v) is 3.69. The van der Waals surface area contributed by atoms with Crippen molar-refractivity contribution < 1.29 is 17.9 Å². The van der Waals surface area contributed by atoms with Crippen LogP contribution in [0.4, 0.5) is 13.2 Å². The number of benzene rings is 3. The normalized spacial score (nSPS) is 14.2. The first kappa shape index (κ1) is 18.6. The van der Waals surface area contributed by atoms with Crippen LogP contribution in [0.15, 0.2) is 54.6 Å². The molecule has 0 radical (unpaired) electrons. The molecule has 1 nitrogen and oxygen atoms in total. The lowest BCUT2D eigenvalue weighted by molar-refractivity contribution is -0.188. The summed E-state index contributed by atoms with van der Waals surface area (Å²) >= 11 is 0. The Morgan fingerprint density at radius 2 is 1.54 bits per heavy atom. The third-order valence-electron chi connectivity index (χ3n) is 5.25. The van der Waals surface area contributed by atoms with Gasteiger partial charge in [-0.15, -0.1) is 0 Å². The summed E-state index contributed by atoms with van der Waals surface area (Å²) in [4.78, 5) is 0. The quantitative estimate of drug-likeness (QED) is 0.467. The highest BCUT2D eigenvalue weighted by atomic mass is 19.3. The Kier molecular flexibility index (Phi) is 4.66. The molecule has 0 saturated carbocycles. The third-order valence-corrected chi connectivity index (χ3v) is 5.25.